The maximum absolute atomic E-state index is 12.7. The van der Waals surface area contributed by atoms with Crippen molar-refractivity contribution >= 4 is 39.9 Å². The molecule has 1 aliphatic rings. The third kappa shape index (κ3) is 6.09. The maximum atomic E-state index is 12.7. The SMILES string of the molecule is COc1ccc(-c2cn(CC3CCCN(C(=O)CCC(=O)Nc4nnc(C)s4)C3)nn2)cc1Cl. The summed E-state index contributed by atoms with van der Waals surface area (Å²) in [7, 11) is 1.57. The molecule has 1 fully saturated rings. The standard InChI is InChI=1S/C22H26ClN7O3S/c1-14-25-27-22(34-14)24-20(31)7-8-21(32)29-9-3-4-15(11-29)12-30-13-18(26-28-30)16-5-6-19(33-2)17(23)10-16/h5-6,10,13,15H,3-4,7-9,11-12H2,1-2H3,(H,24,27,31). The van der Waals surface area contributed by atoms with E-state index in [1.807, 2.05) is 28.8 Å². The van der Waals surface area contributed by atoms with Gasteiger partial charge >= 0.3 is 0 Å². The van der Waals surface area contributed by atoms with Gasteiger partial charge in [-0.2, -0.15) is 0 Å². The van der Waals surface area contributed by atoms with E-state index in [2.05, 4.69) is 25.8 Å². The second-order valence-electron chi connectivity index (χ2n) is 8.20. The Hall–Kier alpha value is -3.05. The van der Waals surface area contributed by atoms with E-state index in [0.717, 1.165) is 29.1 Å². The number of amides is 2. The highest BCUT2D eigenvalue weighted by atomic mass is 35.5. The lowest BCUT2D eigenvalue weighted by atomic mass is 9.97. The molecule has 180 valence electrons. The zero-order chi connectivity index (χ0) is 24.1. The van der Waals surface area contributed by atoms with Gasteiger partial charge in [0.1, 0.15) is 16.5 Å². The number of nitrogens with one attached hydrogen (secondary N) is 1. The fourth-order valence-electron chi connectivity index (χ4n) is 3.96. The highest BCUT2D eigenvalue weighted by Crippen LogP contribution is 2.29. The van der Waals surface area contributed by atoms with Crippen molar-refractivity contribution in [1.82, 2.24) is 30.1 Å². The summed E-state index contributed by atoms with van der Waals surface area (Å²) < 4.78 is 7.01. The first-order valence-corrected chi connectivity index (χ1v) is 12.2. The number of benzene rings is 1. The van der Waals surface area contributed by atoms with Gasteiger partial charge in [-0.3, -0.25) is 14.3 Å². The van der Waals surface area contributed by atoms with E-state index in [1.54, 1.807) is 19.2 Å². The molecular weight excluding hydrogens is 478 g/mol. The lowest BCUT2D eigenvalue weighted by molar-refractivity contribution is -0.134. The number of aromatic nitrogens is 5. The minimum Gasteiger partial charge on any atom is -0.495 e. The van der Waals surface area contributed by atoms with Gasteiger partial charge in [-0.1, -0.05) is 28.2 Å². The molecule has 0 saturated carbocycles. The predicted molar refractivity (Wildman–Crippen MR) is 129 cm³/mol. The number of anilines is 1. The molecule has 0 bridgehead atoms. The van der Waals surface area contributed by atoms with E-state index < -0.39 is 0 Å². The van der Waals surface area contributed by atoms with Gasteiger partial charge in [0.15, 0.2) is 0 Å². The highest BCUT2D eigenvalue weighted by Gasteiger charge is 2.25. The molecule has 4 rings (SSSR count). The van der Waals surface area contributed by atoms with E-state index in [4.69, 9.17) is 16.3 Å². The minimum absolute atomic E-state index is 0.0135. The van der Waals surface area contributed by atoms with Crippen molar-refractivity contribution in [2.45, 2.75) is 39.2 Å². The number of carbonyl (C=O) groups is 2. The summed E-state index contributed by atoms with van der Waals surface area (Å²) in [4.78, 5) is 26.7. The quantitative estimate of drug-likeness (QED) is 0.500. The largest absolute Gasteiger partial charge is 0.495 e. The van der Waals surface area contributed by atoms with Crippen LogP contribution in [0.3, 0.4) is 0 Å². The summed E-state index contributed by atoms with van der Waals surface area (Å²) in [5.74, 6) is 0.634. The maximum Gasteiger partial charge on any atom is 0.226 e. The number of ether oxygens (including phenoxy) is 1. The molecule has 12 heteroatoms. The second kappa shape index (κ2) is 10.9. The van der Waals surface area contributed by atoms with Crippen LogP contribution in [0.2, 0.25) is 5.02 Å². The summed E-state index contributed by atoms with van der Waals surface area (Å²) in [6.07, 6.45) is 4.10. The van der Waals surface area contributed by atoms with E-state index in [1.165, 1.54) is 11.3 Å². The molecule has 1 saturated heterocycles. The van der Waals surface area contributed by atoms with E-state index in [0.29, 0.717) is 35.5 Å². The van der Waals surface area contributed by atoms with Crippen LogP contribution in [0.5, 0.6) is 5.75 Å². The molecule has 10 nitrogen and oxygen atoms in total. The molecule has 3 heterocycles. The Morgan fingerprint density at radius 2 is 2.12 bits per heavy atom. The molecule has 2 aromatic heterocycles. The zero-order valence-electron chi connectivity index (χ0n) is 19.0. The van der Waals surface area contributed by atoms with Crippen LogP contribution in [0.15, 0.2) is 24.4 Å². The lowest BCUT2D eigenvalue weighted by Crippen LogP contribution is -2.41. The Bertz CT molecular complexity index is 1170. The average Bonchev–Trinajstić information content (AvgIpc) is 3.46. The number of likely N-dealkylation sites (tertiary alicyclic amines) is 1. The molecular formula is C22H26ClN7O3S. The van der Waals surface area contributed by atoms with Crippen LogP contribution < -0.4 is 10.1 Å². The van der Waals surface area contributed by atoms with Crippen LogP contribution >= 0.6 is 22.9 Å². The topological polar surface area (TPSA) is 115 Å². The van der Waals surface area contributed by atoms with Gasteiger partial charge in [-0.05, 0) is 43.9 Å². The fraction of sp³-hybridized carbons (Fsp3) is 0.455. The number of halogens is 1. The van der Waals surface area contributed by atoms with Crippen LogP contribution in [0.25, 0.3) is 11.3 Å². The third-order valence-corrected chi connectivity index (χ3v) is 6.69. The predicted octanol–water partition coefficient (Wildman–Crippen LogP) is 3.42. The van der Waals surface area contributed by atoms with Gasteiger partial charge < -0.3 is 15.0 Å². The van der Waals surface area contributed by atoms with Gasteiger partial charge in [0, 0.05) is 38.0 Å². The molecule has 0 spiro atoms. The molecule has 1 N–H and O–H groups in total. The van der Waals surface area contributed by atoms with Crippen molar-refractivity contribution in [2.75, 3.05) is 25.5 Å². The normalized spacial score (nSPS) is 15.9. The summed E-state index contributed by atoms with van der Waals surface area (Å²) >= 11 is 7.53. The second-order valence-corrected chi connectivity index (χ2v) is 9.79. The first-order valence-electron chi connectivity index (χ1n) is 11.0. The van der Waals surface area contributed by atoms with Gasteiger partial charge in [0.25, 0.3) is 0 Å². The Kier molecular flexibility index (Phi) is 7.73. The molecule has 1 aromatic carbocycles. The van der Waals surface area contributed by atoms with Gasteiger partial charge in [-0.15, -0.1) is 15.3 Å². The average molecular weight is 504 g/mol. The summed E-state index contributed by atoms with van der Waals surface area (Å²) in [6, 6.07) is 5.50. The number of methoxy groups -OCH3 is 1. The van der Waals surface area contributed by atoms with Crippen molar-refractivity contribution in [2.24, 2.45) is 5.92 Å². The molecule has 1 unspecified atom stereocenters. The Morgan fingerprint density at radius 1 is 1.26 bits per heavy atom. The molecule has 3 aromatic rings. The Labute approximate surface area is 206 Å². The number of piperidine rings is 1. The summed E-state index contributed by atoms with van der Waals surface area (Å²) in [5, 5.41) is 20.7. The highest BCUT2D eigenvalue weighted by molar-refractivity contribution is 7.15. The minimum atomic E-state index is -0.230. The number of hydrogen-bond donors (Lipinski definition) is 1. The number of rotatable bonds is 8. The van der Waals surface area contributed by atoms with Gasteiger partial charge in [-0.25, -0.2) is 0 Å². The Morgan fingerprint density at radius 3 is 2.85 bits per heavy atom. The lowest BCUT2D eigenvalue weighted by Gasteiger charge is -2.32. The molecule has 1 aliphatic heterocycles. The monoisotopic (exact) mass is 503 g/mol. The molecule has 0 aliphatic carbocycles. The number of nitrogens with zero attached hydrogens (tertiary/aromatic N) is 6. The number of carbonyl (C=O) groups excluding carboxylic acids is 2. The van der Waals surface area contributed by atoms with Crippen LogP contribution in [0, 0.1) is 12.8 Å². The summed E-state index contributed by atoms with van der Waals surface area (Å²) in [5.41, 5.74) is 1.59. The van der Waals surface area contributed by atoms with Crippen molar-refractivity contribution in [3.05, 3.63) is 34.4 Å². The van der Waals surface area contributed by atoms with E-state index in [-0.39, 0.29) is 30.6 Å². The fourth-order valence-corrected chi connectivity index (χ4v) is 4.82. The van der Waals surface area contributed by atoms with E-state index in [9.17, 15) is 9.59 Å². The van der Waals surface area contributed by atoms with Gasteiger partial charge in [0.05, 0.1) is 18.3 Å². The first kappa shape index (κ1) is 24.1. The van der Waals surface area contributed by atoms with Crippen LogP contribution in [0.1, 0.15) is 30.7 Å². The third-order valence-electron chi connectivity index (χ3n) is 5.64. The number of aryl methyl sites for hydroxylation is 1. The van der Waals surface area contributed by atoms with Crippen LogP contribution in [-0.2, 0) is 16.1 Å². The first-order chi connectivity index (χ1) is 16.4. The van der Waals surface area contributed by atoms with Crippen LogP contribution in [0.4, 0.5) is 5.13 Å². The Balaban J connectivity index is 1.28. The van der Waals surface area contributed by atoms with Crippen LogP contribution in [-0.4, -0.2) is 62.1 Å². The number of hydrogen-bond acceptors (Lipinski definition) is 8. The van der Waals surface area contributed by atoms with E-state index >= 15 is 0 Å². The van der Waals surface area contributed by atoms with Crippen molar-refractivity contribution in [1.29, 1.82) is 0 Å². The van der Waals surface area contributed by atoms with Crippen molar-refractivity contribution in [3.8, 4) is 17.0 Å². The zero-order valence-corrected chi connectivity index (χ0v) is 20.6. The van der Waals surface area contributed by atoms with Gasteiger partial charge in [0.2, 0.25) is 16.9 Å². The molecule has 1 atom stereocenters. The molecule has 0 radical (unpaired) electrons. The van der Waals surface area contributed by atoms with Crippen molar-refractivity contribution in [3.63, 3.8) is 0 Å². The molecule has 34 heavy (non-hydrogen) atoms. The molecule has 2 amide bonds. The smallest absolute Gasteiger partial charge is 0.226 e. The summed E-state index contributed by atoms with van der Waals surface area (Å²) in [6.45, 7) is 3.83. The van der Waals surface area contributed by atoms with Crippen molar-refractivity contribution < 1.29 is 14.3 Å².